The van der Waals surface area contributed by atoms with Gasteiger partial charge in [0.05, 0.1) is 6.10 Å². The normalized spacial score (nSPS) is 25.9. The van der Waals surface area contributed by atoms with Gasteiger partial charge in [-0.1, -0.05) is 23.7 Å². The van der Waals surface area contributed by atoms with Crippen LogP contribution in [0, 0.1) is 0 Å². The number of rotatable bonds is 4. The van der Waals surface area contributed by atoms with Crippen LogP contribution in [0.1, 0.15) is 31.2 Å². The summed E-state index contributed by atoms with van der Waals surface area (Å²) in [5.74, 6) is 0. The van der Waals surface area contributed by atoms with E-state index < -0.39 is 0 Å². The highest BCUT2D eigenvalue weighted by molar-refractivity contribution is 6.30. The summed E-state index contributed by atoms with van der Waals surface area (Å²) in [5.41, 5.74) is 1.67. The Morgan fingerprint density at radius 2 is 2.28 bits per heavy atom. The van der Waals surface area contributed by atoms with E-state index in [1.54, 1.807) is 0 Å². The molecule has 3 rings (SSSR count). The Morgan fingerprint density at radius 3 is 2.89 bits per heavy atom. The van der Waals surface area contributed by atoms with Crippen LogP contribution in [0.15, 0.2) is 24.3 Å². The van der Waals surface area contributed by atoms with Crippen molar-refractivity contribution in [2.24, 2.45) is 0 Å². The highest BCUT2D eigenvalue weighted by Gasteiger charge is 2.39. The summed E-state index contributed by atoms with van der Waals surface area (Å²) in [6, 6.07) is 8.34. The molecule has 1 N–H and O–H groups in total. The fraction of sp³-hybridized carbons (Fsp3) is 0.600. The SMILES string of the molecule is Clc1cccc(C2(CCC3CCCO3)CNC2)c1. The quantitative estimate of drug-likeness (QED) is 0.903. The van der Waals surface area contributed by atoms with Gasteiger partial charge in [-0.25, -0.2) is 0 Å². The molecule has 1 unspecified atom stereocenters. The van der Waals surface area contributed by atoms with Gasteiger partial charge in [0, 0.05) is 30.1 Å². The van der Waals surface area contributed by atoms with Crippen molar-refractivity contribution < 1.29 is 4.74 Å². The summed E-state index contributed by atoms with van der Waals surface area (Å²) >= 11 is 6.11. The number of benzene rings is 1. The zero-order valence-electron chi connectivity index (χ0n) is 10.6. The molecule has 1 aromatic carbocycles. The van der Waals surface area contributed by atoms with E-state index in [1.165, 1.54) is 31.2 Å². The Bertz CT molecular complexity index is 411. The summed E-state index contributed by atoms with van der Waals surface area (Å²) in [4.78, 5) is 0. The molecule has 0 amide bonds. The highest BCUT2D eigenvalue weighted by atomic mass is 35.5. The molecule has 2 aliphatic heterocycles. The van der Waals surface area contributed by atoms with Crippen LogP contribution >= 0.6 is 11.6 Å². The second-order valence-corrected chi connectivity index (χ2v) is 6.00. The first-order valence-corrected chi connectivity index (χ1v) is 7.25. The predicted octanol–water partition coefficient (Wildman–Crippen LogP) is 3.14. The molecule has 18 heavy (non-hydrogen) atoms. The Kier molecular flexibility index (Phi) is 3.60. The second kappa shape index (κ2) is 5.20. The maximum Gasteiger partial charge on any atom is 0.0576 e. The molecule has 0 aliphatic carbocycles. The molecule has 2 fully saturated rings. The summed E-state index contributed by atoms with van der Waals surface area (Å²) in [7, 11) is 0. The van der Waals surface area contributed by atoms with E-state index in [2.05, 4.69) is 23.5 Å². The van der Waals surface area contributed by atoms with Crippen LogP contribution in [0.3, 0.4) is 0 Å². The zero-order chi connectivity index (χ0) is 12.4. The first-order chi connectivity index (χ1) is 8.78. The van der Waals surface area contributed by atoms with Gasteiger partial charge in [-0.3, -0.25) is 0 Å². The predicted molar refractivity (Wildman–Crippen MR) is 74.2 cm³/mol. The van der Waals surface area contributed by atoms with Crippen molar-refractivity contribution in [3.63, 3.8) is 0 Å². The van der Waals surface area contributed by atoms with Crippen molar-refractivity contribution >= 4 is 11.6 Å². The van der Waals surface area contributed by atoms with Gasteiger partial charge in [-0.2, -0.15) is 0 Å². The van der Waals surface area contributed by atoms with Crippen molar-refractivity contribution in [3.05, 3.63) is 34.9 Å². The van der Waals surface area contributed by atoms with Crippen LogP contribution in [0.2, 0.25) is 5.02 Å². The monoisotopic (exact) mass is 265 g/mol. The van der Waals surface area contributed by atoms with Crippen LogP contribution in [0.25, 0.3) is 0 Å². The Balaban J connectivity index is 1.69. The van der Waals surface area contributed by atoms with Gasteiger partial charge in [0.2, 0.25) is 0 Å². The minimum absolute atomic E-state index is 0.289. The van der Waals surface area contributed by atoms with Gasteiger partial charge in [0.15, 0.2) is 0 Å². The first-order valence-electron chi connectivity index (χ1n) is 6.87. The molecular formula is C15H20ClNO. The van der Waals surface area contributed by atoms with Crippen LogP contribution < -0.4 is 5.32 Å². The molecule has 0 aromatic heterocycles. The number of hydrogen-bond acceptors (Lipinski definition) is 2. The van der Waals surface area contributed by atoms with Gasteiger partial charge >= 0.3 is 0 Å². The van der Waals surface area contributed by atoms with E-state index in [1.807, 2.05) is 6.07 Å². The van der Waals surface area contributed by atoms with Gasteiger partial charge in [-0.15, -0.1) is 0 Å². The highest BCUT2D eigenvalue weighted by Crippen LogP contribution is 2.36. The summed E-state index contributed by atoms with van der Waals surface area (Å²) < 4.78 is 5.73. The smallest absolute Gasteiger partial charge is 0.0576 e. The molecule has 2 saturated heterocycles. The fourth-order valence-electron chi connectivity index (χ4n) is 3.08. The van der Waals surface area contributed by atoms with Crippen molar-refractivity contribution in [2.75, 3.05) is 19.7 Å². The average Bonchev–Trinajstić information content (AvgIpc) is 2.81. The third kappa shape index (κ3) is 2.42. The van der Waals surface area contributed by atoms with E-state index in [9.17, 15) is 0 Å². The number of halogens is 1. The number of hydrogen-bond donors (Lipinski definition) is 1. The lowest BCUT2D eigenvalue weighted by molar-refractivity contribution is 0.0900. The van der Waals surface area contributed by atoms with Gasteiger partial charge in [0.1, 0.15) is 0 Å². The maximum atomic E-state index is 6.11. The van der Waals surface area contributed by atoms with E-state index >= 15 is 0 Å². The summed E-state index contributed by atoms with van der Waals surface area (Å²) in [6.45, 7) is 3.09. The fourth-order valence-corrected chi connectivity index (χ4v) is 3.27. The third-order valence-electron chi connectivity index (χ3n) is 4.33. The number of ether oxygens (including phenoxy) is 1. The molecule has 2 heterocycles. The van der Waals surface area contributed by atoms with Crippen molar-refractivity contribution in [3.8, 4) is 0 Å². The molecule has 3 heteroatoms. The van der Waals surface area contributed by atoms with Crippen LogP contribution in [-0.2, 0) is 10.2 Å². The Hall–Kier alpha value is -0.570. The molecule has 98 valence electrons. The lowest BCUT2D eigenvalue weighted by atomic mass is 9.71. The van der Waals surface area contributed by atoms with E-state index in [-0.39, 0.29) is 5.41 Å². The van der Waals surface area contributed by atoms with Crippen LogP contribution in [-0.4, -0.2) is 25.8 Å². The van der Waals surface area contributed by atoms with Crippen LogP contribution in [0.4, 0.5) is 0 Å². The molecule has 0 spiro atoms. The summed E-state index contributed by atoms with van der Waals surface area (Å²) in [5, 5.41) is 4.25. The average molecular weight is 266 g/mol. The molecule has 2 aliphatic rings. The lowest BCUT2D eigenvalue weighted by Crippen LogP contribution is -2.57. The molecule has 2 nitrogen and oxygen atoms in total. The minimum atomic E-state index is 0.289. The Morgan fingerprint density at radius 1 is 1.39 bits per heavy atom. The molecular weight excluding hydrogens is 246 g/mol. The molecule has 0 radical (unpaired) electrons. The first kappa shape index (κ1) is 12.5. The third-order valence-corrected chi connectivity index (χ3v) is 4.57. The van der Waals surface area contributed by atoms with E-state index in [0.29, 0.717) is 6.10 Å². The minimum Gasteiger partial charge on any atom is -0.378 e. The molecule has 0 saturated carbocycles. The standard InChI is InChI=1S/C15H20ClNO/c16-13-4-1-3-12(9-13)15(10-17-11-15)7-6-14-5-2-8-18-14/h1,3-4,9,14,17H,2,5-8,10-11H2. The molecule has 1 aromatic rings. The van der Waals surface area contributed by atoms with Crippen molar-refractivity contribution in [2.45, 2.75) is 37.2 Å². The molecule has 1 atom stereocenters. The second-order valence-electron chi connectivity index (χ2n) is 5.57. The van der Waals surface area contributed by atoms with Crippen LogP contribution in [0.5, 0.6) is 0 Å². The van der Waals surface area contributed by atoms with Crippen molar-refractivity contribution in [1.82, 2.24) is 5.32 Å². The van der Waals surface area contributed by atoms with E-state index in [0.717, 1.165) is 24.7 Å². The van der Waals surface area contributed by atoms with E-state index in [4.69, 9.17) is 16.3 Å². The zero-order valence-corrected chi connectivity index (χ0v) is 11.4. The Labute approximate surface area is 114 Å². The van der Waals surface area contributed by atoms with Gasteiger partial charge in [-0.05, 0) is 43.4 Å². The van der Waals surface area contributed by atoms with Crippen molar-refractivity contribution in [1.29, 1.82) is 0 Å². The maximum absolute atomic E-state index is 6.11. The topological polar surface area (TPSA) is 21.3 Å². The summed E-state index contributed by atoms with van der Waals surface area (Å²) in [6.07, 6.45) is 5.33. The number of nitrogens with one attached hydrogen (secondary N) is 1. The lowest BCUT2D eigenvalue weighted by Gasteiger charge is -2.44. The van der Waals surface area contributed by atoms with Gasteiger partial charge in [0.25, 0.3) is 0 Å². The molecule has 0 bridgehead atoms. The van der Waals surface area contributed by atoms with Gasteiger partial charge < -0.3 is 10.1 Å². The largest absolute Gasteiger partial charge is 0.378 e.